The number of piperidine rings is 1. The second kappa shape index (κ2) is 6.19. The monoisotopic (exact) mass is 329 g/mol. The van der Waals surface area contributed by atoms with Gasteiger partial charge in [-0.1, -0.05) is 18.6 Å². The van der Waals surface area contributed by atoms with Crippen LogP contribution in [0.4, 0.5) is 0 Å². The predicted molar refractivity (Wildman–Crippen MR) is 88.2 cm³/mol. The van der Waals surface area contributed by atoms with Gasteiger partial charge in [-0.25, -0.2) is 8.42 Å². The van der Waals surface area contributed by atoms with E-state index in [4.69, 9.17) is 5.26 Å². The number of benzene rings is 1. The Morgan fingerprint density at radius 3 is 2.22 bits per heavy atom. The number of nitriles is 1. The zero-order valence-electron chi connectivity index (χ0n) is 13.1. The van der Waals surface area contributed by atoms with Gasteiger partial charge in [-0.2, -0.15) is 9.57 Å². The largest absolute Gasteiger partial charge is 0.335 e. The smallest absolute Gasteiger partial charge is 0.243 e. The standard InChI is InChI=1S/C17H19N3O2S/c1-19-15(13-18)7-10-17(19)14-5-8-16(9-6-14)23(21,22)20-11-3-2-4-12-20/h5-10H,2-4,11-12H2,1H3. The Labute approximate surface area is 136 Å². The molecule has 0 spiro atoms. The van der Waals surface area contributed by atoms with Crippen molar-refractivity contribution in [3.05, 3.63) is 42.1 Å². The highest BCUT2D eigenvalue weighted by Gasteiger charge is 2.25. The van der Waals surface area contributed by atoms with Crippen LogP contribution in [0.2, 0.25) is 0 Å². The molecule has 1 aliphatic rings. The molecule has 5 nitrogen and oxygen atoms in total. The summed E-state index contributed by atoms with van der Waals surface area (Å²) in [6.07, 6.45) is 2.95. The molecule has 120 valence electrons. The highest BCUT2D eigenvalue weighted by Crippen LogP contribution is 2.25. The first-order chi connectivity index (χ1) is 11.0. The van der Waals surface area contributed by atoms with E-state index in [0.29, 0.717) is 23.7 Å². The molecule has 0 radical (unpaired) electrons. The highest BCUT2D eigenvalue weighted by molar-refractivity contribution is 7.89. The summed E-state index contributed by atoms with van der Waals surface area (Å²) in [7, 11) is -1.57. The van der Waals surface area contributed by atoms with Crippen molar-refractivity contribution in [2.24, 2.45) is 7.05 Å². The van der Waals surface area contributed by atoms with E-state index in [9.17, 15) is 8.42 Å². The van der Waals surface area contributed by atoms with E-state index in [1.54, 1.807) is 39.2 Å². The molecule has 6 heteroatoms. The van der Waals surface area contributed by atoms with E-state index in [-0.39, 0.29) is 0 Å². The lowest BCUT2D eigenvalue weighted by molar-refractivity contribution is 0.346. The highest BCUT2D eigenvalue weighted by atomic mass is 32.2. The topological polar surface area (TPSA) is 66.1 Å². The van der Waals surface area contributed by atoms with Crippen molar-refractivity contribution in [2.45, 2.75) is 24.2 Å². The van der Waals surface area contributed by atoms with Gasteiger partial charge in [0, 0.05) is 25.8 Å². The minimum atomic E-state index is -3.40. The molecule has 2 heterocycles. The minimum Gasteiger partial charge on any atom is -0.335 e. The zero-order valence-corrected chi connectivity index (χ0v) is 13.9. The average molecular weight is 329 g/mol. The van der Waals surface area contributed by atoms with Crippen molar-refractivity contribution in [3.63, 3.8) is 0 Å². The normalized spacial score (nSPS) is 16.2. The van der Waals surface area contributed by atoms with Gasteiger partial charge >= 0.3 is 0 Å². The Kier molecular flexibility index (Phi) is 4.24. The average Bonchev–Trinajstić information content (AvgIpc) is 2.96. The number of hydrogen-bond donors (Lipinski definition) is 0. The van der Waals surface area contributed by atoms with E-state index in [0.717, 1.165) is 30.5 Å². The molecule has 2 aromatic rings. The molecule has 0 aliphatic carbocycles. The molecule has 0 bridgehead atoms. The maximum atomic E-state index is 12.6. The minimum absolute atomic E-state index is 0.331. The Bertz CT molecular complexity index is 839. The van der Waals surface area contributed by atoms with Crippen LogP contribution < -0.4 is 0 Å². The van der Waals surface area contributed by atoms with Crippen LogP contribution in [0.5, 0.6) is 0 Å². The van der Waals surface area contributed by atoms with Gasteiger partial charge in [-0.05, 0) is 42.7 Å². The van der Waals surface area contributed by atoms with Crippen LogP contribution in [-0.2, 0) is 17.1 Å². The Balaban J connectivity index is 1.90. The van der Waals surface area contributed by atoms with Crippen molar-refractivity contribution in [1.82, 2.24) is 8.87 Å². The van der Waals surface area contributed by atoms with Crippen LogP contribution in [0.3, 0.4) is 0 Å². The fourth-order valence-corrected chi connectivity index (χ4v) is 4.48. The molecule has 0 amide bonds. The SMILES string of the molecule is Cn1c(C#N)ccc1-c1ccc(S(=O)(=O)N2CCCCC2)cc1. The summed E-state index contributed by atoms with van der Waals surface area (Å²) in [6, 6.07) is 12.6. The van der Waals surface area contributed by atoms with Gasteiger partial charge in [0.05, 0.1) is 4.90 Å². The van der Waals surface area contributed by atoms with Crippen molar-refractivity contribution < 1.29 is 8.42 Å². The third-order valence-electron chi connectivity index (χ3n) is 4.34. The summed E-state index contributed by atoms with van der Waals surface area (Å²) in [4.78, 5) is 0.331. The van der Waals surface area contributed by atoms with Crippen LogP contribution in [0.15, 0.2) is 41.3 Å². The predicted octanol–water partition coefficient (Wildman–Crippen LogP) is 2.74. The summed E-state index contributed by atoms with van der Waals surface area (Å²) < 4.78 is 28.6. The van der Waals surface area contributed by atoms with Crippen molar-refractivity contribution in [1.29, 1.82) is 5.26 Å². The van der Waals surface area contributed by atoms with E-state index in [2.05, 4.69) is 6.07 Å². The molecule has 1 aromatic heterocycles. The summed E-state index contributed by atoms with van der Waals surface area (Å²) in [5.41, 5.74) is 2.36. The molecule has 0 saturated carbocycles. The number of sulfonamides is 1. The van der Waals surface area contributed by atoms with Crippen molar-refractivity contribution >= 4 is 10.0 Å². The Hall–Kier alpha value is -2.10. The maximum absolute atomic E-state index is 12.6. The summed E-state index contributed by atoms with van der Waals surface area (Å²) in [6.45, 7) is 1.21. The fraction of sp³-hybridized carbons (Fsp3) is 0.353. The van der Waals surface area contributed by atoms with Crippen LogP contribution in [0.25, 0.3) is 11.3 Å². The van der Waals surface area contributed by atoms with Gasteiger partial charge in [-0.15, -0.1) is 0 Å². The number of hydrogen-bond acceptors (Lipinski definition) is 3. The second-order valence-electron chi connectivity index (χ2n) is 5.76. The van der Waals surface area contributed by atoms with Gasteiger partial charge in [0.15, 0.2) is 0 Å². The lowest BCUT2D eigenvalue weighted by atomic mass is 10.1. The van der Waals surface area contributed by atoms with Gasteiger partial charge in [-0.3, -0.25) is 0 Å². The van der Waals surface area contributed by atoms with Gasteiger partial charge < -0.3 is 4.57 Å². The van der Waals surface area contributed by atoms with E-state index in [1.165, 1.54) is 0 Å². The van der Waals surface area contributed by atoms with Crippen LogP contribution >= 0.6 is 0 Å². The molecule has 0 atom stereocenters. The molecular formula is C17H19N3O2S. The van der Waals surface area contributed by atoms with E-state index < -0.39 is 10.0 Å². The van der Waals surface area contributed by atoms with Crippen LogP contribution in [0.1, 0.15) is 25.0 Å². The zero-order chi connectivity index (χ0) is 16.4. The Morgan fingerprint density at radius 1 is 1.00 bits per heavy atom. The Morgan fingerprint density at radius 2 is 1.65 bits per heavy atom. The first kappa shape index (κ1) is 15.8. The third kappa shape index (κ3) is 2.90. The number of nitrogens with zero attached hydrogens (tertiary/aromatic N) is 3. The lowest BCUT2D eigenvalue weighted by Crippen LogP contribution is -2.35. The first-order valence-corrected chi connectivity index (χ1v) is 9.14. The summed E-state index contributed by atoms with van der Waals surface area (Å²) >= 11 is 0. The molecule has 23 heavy (non-hydrogen) atoms. The first-order valence-electron chi connectivity index (χ1n) is 7.70. The van der Waals surface area contributed by atoms with Crippen LogP contribution in [0, 0.1) is 11.3 Å². The van der Waals surface area contributed by atoms with E-state index in [1.807, 2.05) is 13.1 Å². The summed E-state index contributed by atoms with van der Waals surface area (Å²) in [5.74, 6) is 0. The molecule has 3 rings (SSSR count). The molecule has 1 saturated heterocycles. The molecule has 1 fully saturated rings. The van der Waals surface area contributed by atoms with Gasteiger partial charge in [0.2, 0.25) is 10.0 Å². The van der Waals surface area contributed by atoms with E-state index >= 15 is 0 Å². The second-order valence-corrected chi connectivity index (χ2v) is 7.70. The van der Waals surface area contributed by atoms with Crippen molar-refractivity contribution in [2.75, 3.05) is 13.1 Å². The van der Waals surface area contributed by atoms with Gasteiger partial charge in [0.25, 0.3) is 0 Å². The van der Waals surface area contributed by atoms with Crippen molar-refractivity contribution in [3.8, 4) is 17.3 Å². The summed E-state index contributed by atoms with van der Waals surface area (Å²) in [5, 5.41) is 9.02. The van der Waals surface area contributed by atoms with Crippen LogP contribution in [-0.4, -0.2) is 30.4 Å². The number of rotatable bonds is 3. The third-order valence-corrected chi connectivity index (χ3v) is 6.25. The molecule has 1 aromatic carbocycles. The molecule has 1 aliphatic heterocycles. The maximum Gasteiger partial charge on any atom is 0.243 e. The fourth-order valence-electron chi connectivity index (χ4n) is 2.97. The quantitative estimate of drug-likeness (QED) is 0.869. The lowest BCUT2D eigenvalue weighted by Gasteiger charge is -2.25. The molecular weight excluding hydrogens is 310 g/mol. The molecule has 0 N–H and O–H groups in total. The van der Waals surface area contributed by atoms with Gasteiger partial charge in [0.1, 0.15) is 11.8 Å². The molecule has 0 unspecified atom stereocenters. The number of aromatic nitrogens is 1.